The summed E-state index contributed by atoms with van der Waals surface area (Å²) in [5.41, 5.74) is 4.87. The Morgan fingerprint density at radius 2 is 1.86 bits per heavy atom. The molecule has 0 spiro atoms. The third-order valence-electron chi connectivity index (χ3n) is 5.85. The van der Waals surface area contributed by atoms with Gasteiger partial charge in [-0.3, -0.25) is 15.0 Å². The monoisotopic (exact) mass is 476 g/mol. The Bertz CT molecular complexity index is 1590. The molecular formula is C27H21FN8. The molecule has 1 aliphatic heterocycles. The highest BCUT2D eigenvalue weighted by Crippen LogP contribution is 2.27. The predicted molar refractivity (Wildman–Crippen MR) is 137 cm³/mol. The van der Waals surface area contributed by atoms with Crippen LogP contribution in [-0.4, -0.2) is 36.9 Å². The zero-order chi connectivity index (χ0) is 24.3. The summed E-state index contributed by atoms with van der Waals surface area (Å²) < 4.78 is 16.2. The molecule has 0 atom stereocenters. The highest BCUT2D eigenvalue weighted by molar-refractivity contribution is 6.03. The average molecular weight is 477 g/mol. The molecule has 176 valence electrons. The SMILES string of the molecule is Fc1cnccc1Nc1nc(-c2ccccn2)nn2ccc(CNC3=NCC(c4ccccc4)=C3)c12. The van der Waals surface area contributed by atoms with Gasteiger partial charge in [0, 0.05) is 30.7 Å². The van der Waals surface area contributed by atoms with Crippen LogP contribution in [0.25, 0.3) is 22.6 Å². The second-order valence-electron chi connectivity index (χ2n) is 8.20. The van der Waals surface area contributed by atoms with Crippen molar-refractivity contribution in [3.05, 3.63) is 108 Å². The van der Waals surface area contributed by atoms with Crippen LogP contribution in [0.15, 0.2) is 96.5 Å². The lowest BCUT2D eigenvalue weighted by Gasteiger charge is -2.12. The fraction of sp³-hybridized carbons (Fsp3) is 0.0741. The van der Waals surface area contributed by atoms with Gasteiger partial charge in [0.1, 0.15) is 17.0 Å². The molecule has 0 saturated heterocycles. The quantitative estimate of drug-likeness (QED) is 0.371. The molecule has 8 nitrogen and oxygen atoms in total. The van der Waals surface area contributed by atoms with E-state index in [1.807, 2.05) is 48.7 Å². The van der Waals surface area contributed by atoms with Gasteiger partial charge >= 0.3 is 0 Å². The number of pyridine rings is 2. The predicted octanol–water partition coefficient (Wildman–Crippen LogP) is 4.65. The number of aromatic nitrogens is 5. The Kier molecular flexibility index (Phi) is 5.63. The summed E-state index contributed by atoms with van der Waals surface area (Å²) in [6, 6.07) is 19.3. The third kappa shape index (κ3) is 4.29. The summed E-state index contributed by atoms with van der Waals surface area (Å²) in [5, 5.41) is 11.2. The normalized spacial score (nSPS) is 12.9. The molecule has 1 aliphatic rings. The van der Waals surface area contributed by atoms with Crippen LogP contribution in [0.5, 0.6) is 0 Å². The van der Waals surface area contributed by atoms with Crippen molar-refractivity contribution in [3.8, 4) is 11.5 Å². The van der Waals surface area contributed by atoms with Crippen molar-refractivity contribution < 1.29 is 4.39 Å². The fourth-order valence-corrected chi connectivity index (χ4v) is 4.07. The first-order chi connectivity index (χ1) is 17.7. The Labute approximate surface area is 206 Å². The summed E-state index contributed by atoms with van der Waals surface area (Å²) in [7, 11) is 0. The molecule has 9 heteroatoms. The zero-order valence-electron chi connectivity index (χ0n) is 19.1. The van der Waals surface area contributed by atoms with Crippen LogP contribution >= 0.6 is 0 Å². The van der Waals surface area contributed by atoms with Crippen LogP contribution in [0, 0.1) is 5.82 Å². The maximum absolute atomic E-state index is 14.4. The van der Waals surface area contributed by atoms with Crippen molar-refractivity contribution in [2.75, 3.05) is 11.9 Å². The molecule has 1 aromatic carbocycles. The first-order valence-electron chi connectivity index (χ1n) is 11.4. The van der Waals surface area contributed by atoms with Crippen LogP contribution in [0.2, 0.25) is 0 Å². The van der Waals surface area contributed by atoms with Crippen LogP contribution in [-0.2, 0) is 6.54 Å². The third-order valence-corrected chi connectivity index (χ3v) is 5.85. The van der Waals surface area contributed by atoms with Gasteiger partial charge in [-0.2, -0.15) is 0 Å². The van der Waals surface area contributed by atoms with E-state index in [9.17, 15) is 4.39 Å². The van der Waals surface area contributed by atoms with E-state index in [1.165, 1.54) is 11.8 Å². The van der Waals surface area contributed by atoms with Crippen molar-refractivity contribution in [1.29, 1.82) is 0 Å². The van der Waals surface area contributed by atoms with E-state index in [2.05, 4.69) is 48.9 Å². The van der Waals surface area contributed by atoms with Gasteiger partial charge in [-0.15, -0.1) is 5.10 Å². The number of amidine groups is 1. The first-order valence-corrected chi connectivity index (χ1v) is 11.4. The zero-order valence-corrected chi connectivity index (χ0v) is 19.1. The topological polar surface area (TPSA) is 92.4 Å². The van der Waals surface area contributed by atoms with E-state index >= 15 is 0 Å². The van der Waals surface area contributed by atoms with Gasteiger partial charge < -0.3 is 10.6 Å². The molecule has 0 amide bonds. The number of hydrogen-bond donors (Lipinski definition) is 2. The molecule has 0 aliphatic carbocycles. The molecule has 4 aromatic heterocycles. The minimum atomic E-state index is -0.473. The molecule has 36 heavy (non-hydrogen) atoms. The van der Waals surface area contributed by atoms with Gasteiger partial charge in [0.05, 0.1) is 18.4 Å². The molecular weight excluding hydrogens is 455 g/mol. The molecule has 5 aromatic rings. The van der Waals surface area contributed by atoms with Gasteiger partial charge in [0.15, 0.2) is 11.6 Å². The molecule has 0 unspecified atom stereocenters. The minimum absolute atomic E-state index is 0.272. The maximum atomic E-state index is 14.4. The second kappa shape index (κ2) is 9.38. The highest BCUT2D eigenvalue weighted by Gasteiger charge is 2.17. The number of hydrogen-bond acceptors (Lipinski definition) is 7. The largest absolute Gasteiger partial charge is 0.366 e. The fourth-order valence-electron chi connectivity index (χ4n) is 4.07. The van der Waals surface area contributed by atoms with E-state index in [0.29, 0.717) is 30.4 Å². The van der Waals surface area contributed by atoms with E-state index in [4.69, 9.17) is 4.98 Å². The summed E-state index contributed by atoms with van der Waals surface area (Å²) in [6.07, 6.45) is 8.29. The summed E-state index contributed by atoms with van der Waals surface area (Å²) in [4.78, 5) is 17.5. The van der Waals surface area contributed by atoms with E-state index in [0.717, 1.165) is 28.7 Å². The molecule has 0 fully saturated rings. The van der Waals surface area contributed by atoms with E-state index in [1.54, 1.807) is 16.8 Å². The molecule has 6 rings (SSSR count). The Hall–Kier alpha value is -4.92. The summed E-state index contributed by atoms with van der Waals surface area (Å²) >= 11 is 0. The van der Waals surface area contributed by atoms with Crippen LogP contribution in [0.1, 0.15) is 11.1 Å². The molecule has 2 N–H and O–H groups in total. The van der Waals surface area contributed by atoms with Crippen LogP contribution in [0.4, 0.5) is 15.9 Å². The van der Waals surface area contributed by atoms with E-state index in [-0.39, 0.29) is 5.69 Å². The number of fused-ring (bicyclic) bond motifs is 1. The first kappa shape index (κ1) is 21.6. The van der Waals surface area contributed by atoms with Crippen LogP contribution in [0.3, 0.4) is 0 Å². The van der Waals surface area contributed by atoms with Crippen LogP contribution < -0.4 is 10.6 Å². The molecule has 5 heterocycles. The van der Waals surface area contributed by atoms with E-state index < -0.39 is 5.82 Å². The summed E-state index contributed by atoms with van der Waals surface area (Å²) in [5.74, 6) is 1.23. The Morgan fingerprint density at radius 3 is 2.69 bits per heavy atom. The number of anilines is 2. The number of halogens is 1. The van der Waals surface area contributed by atoms with Gasteiger partial charge in [-0.1, -0.05) is 36.4 Å². The van der Waals surface area contributed by atoms with Gasteiger partial charge in [-0.25, -0.2) is 13.9 Å². The number of nitrogens with zero attached hydrogens (tertiary/aromatic N) is 6. The second-order valence-corrected chi connectivity index (χ2v) is 8.20. The van der Waals surface area contributed by atoms with Crippen molar-refractivity contribution >= 4 is 28.4 Å². The maximum Gasteiger partial charge on any atom is 0.200 e. The molecule has 0 bridgehead atoms. The van der Waals surface area contributed by atoms with Gasteiger partial charge in [0.25, 0.3) is 0 Å². The van der Waals surface area contributed by atoms with Gasteiger partial charge in [0.2, 0.25) is 5.82 Å². The highest BCUT2D eigenvalue weighted by atomic mass is 19.1. The standard InChI is InChI=1S/C27H21FN8/c28-21-17-29-12-9-22(21)33-27-25-19(10-13-36(25)35-26(34-27)23-8-4-5-11-30-23)15-31-24-14-20(16-32-24)18-6-2-1-3-7-18/h1-14,17H,15-16H2,(H,31,32)(H,29,33,34,35). The number of rotatable bonds is 6. The average Bonchev–Trinajstić information content (AvgIpc) is 3.57. The number of aliphatic imine (C=N–C) groups is 1. The lowest BCUT2D eigenvalue weighted by molar-refractivity contribution is 0.625. The smallest absolute Gasteiger partial charge is 0.200 e. The minimum Gasteiger partial charge on any atom is -0.366 e. The van der Waals surface area contributed by atoms with Gasteiger partial charge in [-0.05, 0) is 41.5 Å². The van der Waals surface area contributed by atoms with Crippen molar-refractivity contribution in [3.63, 3.8) is 0 Å². The summed E-state index contributed by atoms with van der Waals surface area (Å²) in [6.45, 7) is 1.13. The molecule has 0 radical (unpaired) electrons. The number of benzene rings is 1. The van der Waals surface area contributed by atoms with Crippen molar-refractivity contribution in [2.24, 2.45) is 4.99 Å². The number of nitrogens with one attached hydrogen (secondary N) is 2. The van der Waals surface area contributed by atoms with Crippen molar-refractivity contribution in [1.82, 2.24) is 29.9 Å². The lowest BCUT2D eigenvalue weighted by Crippen LogP contribution is -2.19. The lowest BCUT2D eigenvalue weighted by atomic mass is 10.1. The Morgan fingerprint density at radius 1 is 0.972 bits per heavy atom. The molecule has 0 saturated carbocycles. The van der Waals surface area contributed by atoms with Crippen molar-refractivity contribution in [2.45, 2.75) is 6.54 Å². The Balaban J connectivity index is 1.33.